The normalized spacial score (nSPS) is 41.4. The maximum Gasteiger partial charge on any atom is 0.100 e. The van der Waals surface area contributed by atoms with Crippen LogP contribution in [0.5, 0.6) is 0 Å². The highest BCUT2D eigenvalue weighted by molar-refractivity contribution is 5.49. The van der Waals surface area contributed by atoms with Gasteiger partial charge in [-0.05, 0) is 97.0 Å². The van der Waals surface area contributed by atoms with Crippen LogP contribution in [0.2, 0.25) is 0 Å². The number of halogens is 1. The van der Waals surface area contributed by atoms with Crippen LogP contribution in [0.4, 0.5) is 4.39 Å². The van der Waals surface area contributed by atoms with Gasteiger partial charge in [0, 0.05) is 0 Å². The second-order valence-electron chi connectivity index (χ2n) is 11.7. The van der Waals surface area contributed by atoms with Gasteiger partial charge in [0.2, 0.25) is 0 Å². The standard InChI is InChI=1S/C27H43F/c1-18(2)7-6-8-19(3)23-11-12-24-22-10-9-20-17-21(28)13-15-26(20,4)25(22)14-16-27(23,24)5/h12,18-21,23H,6-11,13-17H2,1-5H3/t19-,20+,21-,23-,26+,27-/m1/s1. The Bertz CT molecular complexity index is 655. The number of fused-ring (bicyclic) bond motifs is 4. The van der Waals surface area contributed by atoms with Crippen LogP contribution in [0.3, 0.4) is 0 Å². The Balaban J connectivity index is 1.54. The van der Waals surface area contributed by atoms with Gasteiger partial charge < -0.3 is 0 Å². The first-order chi connectivity index (χ1) is 13.3. The Hall–Kier alpha value is -0.590. The lowest BCUT2D eigenvalue weighted by molar-refractivity contribution is 0.0637. The van der Waals surface area contributed by atoms with Crippen LogP contribution in [-0.2, 0) is 0 Å². The minimum Gasteiger partial charge on any atom is -0.247 e. The third-order valence-electron chi connectivity index (χ3n) is 9.57. The molecule has 0 aliphatic heterocycles. The van der Waals surface area contributed by atoms with Gasteiger partial charge in [0.1, 0.15) is 6.17 Å². The van der Waals surface area contributed by atoms with E-state index in [1.807, 2.05) is 0 Å². The van der Waals surface area contributed by atoms with Gasteiger partial charge >= 0.3 is 0 Å². The minimum atomic E-state index is -0.546. The molecule has 0 unspecified atom stereocenters. The second-order valence-corrected chi connectivity index (χ2v) is 11.7. The third-order valence-corrected chi connectivity index (χ3v) is 9.57. The van der Waals surface area contributed by atoms with E-state index in [4.69, 9.17) is 0 Å². The molecular formula is C27H43F. The van der Waals surface area contributed by atoms with Crippen LogP contribution < -0.4 is 0 Å². The van der Waals surface area contributed by atoms with Crippen LogP contribution in [0.1, 0.15) is 105 Å². The molecule has 158 valence electrons. The predicted molar refractivity (Wildman–Crippen MR) is 118 cm³/mol. The lowest BCUT2D eigenvalue weighted by Crippen LogP contribution is -2.43. The zero-order valence-corrected chi connectivity index (χ0v) is 19.1. The molecule has 0 aromatic rings. The number of alkyl halides is 1. The van der Waals surface area contributed by atoms with Gasteiger partial charge in [-0.2, -0.15) is 0 Å². The van der Waals surface area contributed by atoms with Gasteiger partial charge in [-0.25, -0.2) is 4.39 Å². The van der Waals surface area contributed by atoms with Crippen LogP contribution in [0.25, 0.3) is 0 Å². The Labute approximate surface area is 173 Å². The van der Waals surface area contributed by atoms with Crippen LogP contribution in [-0.4, -0.2) is 6.17 Å². The average molecular weight is 387 g/mol. The highest BCUT2D eigenvalue weighted by Crippen LogP contribution is 2.64. The van der Waals surface area contributed by atoms with E-state index >= 15 is 0 Å². The van der Waals surface area contributed by atoms with Gasteiger partial charge in [0.05, 0.1) is 0 Å². The summed E-state index contributed by atoms with van der Waals surface area (Å²) in [6, 6.07) is 0. The molecule has 4 aliphatic rings. The van der Waals surface area contributed by atoms with E-state index in [0.717, 1.165) is 37.0 Å². The number of rotatable bonds is 5. The Kier molecular flexibility index (Phi) is 5.60. The predicted octanol–water partition coefficient (Wildman–Crippen LogP) is 8.43. The lowest BCUT2D eigenvalue weighted by Gasteiger charge is -2.53. The molecule has 0 aromatic carbocycles. The van der Waals surface area contributed by atoms with Crippen molar-refractivity contribution in [1.29, 1.82) is 0 Å². The molecule has 1 saturated carbocycles. The Morgan fingerprint density at radius 3 is 2.57 bits per heavy atom. The minimum absolute atomic E-state index is 0.291. The van der Waals surface area contributed by atoms with E-state index in [9.17, 15) is 4.39 Å². The molecule has 0 radical (unpaired) electrons. The van der Waals surface area contributed by atoms with E-state index in [0.29, 0.717) is 16.7 Å². The number of hydrogen-bond acceptors (Lipinski definition) is 0. The van der Waals surface area contributed by atoms with Gasteiger partial charge in [0.15, 0.2) is 0 Å². The first-order valence-electron chi connectivity index (χ1n) is 12.3. The maximum absolute atomic E-state index is 14.1. The molecular weight excluding hydrogens is 343 g/mol. The summed E-state index contributed by atoms with van der Waals surface area (Å²) >= 11 is 0. The van der Waals surface area contributed by atoms with Crippen molar-refractivity contribution in [2.75, 3.05) is 0 Å². The van der Waals surface area contributed by atoms with Crippen molar-refractivity contribution < 1.29 is 4.39 Å². The third kappa shape index (κ3) is 3.33. The Morgan fingerprint density at radius 2 is 1.82 bits per heavy atom. The zero-order chi connectivity index (χ0) is 20.1. The molecule has 0 N–H and O–H groups in total. The summed E-state index contributed by atoms with van der Waals surface area (Å²) in [6.07, 6.45) is 15.3. The van der Waals surface area contributed by atoms with Crippen molar-refractivity contribution >= 4 is 0 Å². The zero-order valence-electron chi connectivity index (χ0n) is 19.1. The molecule has 0 aromatic heterocycles. The highest BCUT2D eigenvalue weighted by atomic mass is 19.1. The van der Waals surface area contributed by atoms with Crippen molar-refractivity contribution in [1.82, 2.24) is 0 Å². The summed E-state index contributed by atoms with van der Waals surface area (Å²) in [6.45, 7) is 12.3. The van der Waals surface area contributed by atoms with Crippen LogP contribution >= 0.6 is 0 Å². The van der Waals surface area contributed by atoms with Crippen LogP contribution in [0, 0.1) is 34.5 Å². The van der Waals surface area contributed by atoms with E-state index in [2.05, 4.69) is 40.7 Å². The molecule has 0 nitrogen and oxygen atoms in total. The summed E-state index contributed by atoms with van der Waals surface area (Å²) in [7, 11) is 0. The molecule has 1 fully saturated rings. The second kappa shape index (κ2) is 7.59. The van der Waals surface area contributed by atoms with E-state index in [1.54, 1.807) is 16.7 Å². The van der Waals surface area contributed by atoms with Gasteiger partial charge in [0.25, 0.3) is 0 Å². The molecule has 6 atom stereocenters. The lowest BCUT2D eigenvalue weighted by atomic mass is 9.51. The molecule has 0 saturated heterocycles. The maximum atomic E-state index is 14.1. The Morgan fingerprint density at radius 1 is 1.04 bits per heavy atom. The topological polar surface area (TPSA) is 0 Å². The molecule has 0 heterocycles. The SMILES string of the molecule is CC(C)CCC[C@@H](C)[C@H]1CC=C2C3=C(CC[C@@]21C)[C@@]1(C)CC[C@@H](F)C[C@@H]1CC3. The first-order valence-corrected chi connectivity index (χ1v) is 12.3. The van der Waals surface area contributed by atoms with Gasteiger partial charge in [-0.1, -0.05) is 65.5 Å². The molecule has 1 heteroatoms. The smallest absolute Gasteiger partial charge is 0.100 e. The molecule has 0 amide bonds. The summed E-state index contributed by atoms with van der Waals surface area (Å²) in [5.41, 5.74) is 5.92. The quantitative estimate of drug-likeness (QED) is 0.444. The number of hydrogen-bond donors (Lipinski definition) is 0. The summed E-state index contributed by atoms with van der Waals surface area (Å²) in [4.78, 5) is 0. The summed E-state index contributed by atoms with van der Waals surface area (Å²) in [5, 5.41) is 0. The average Bonchev–Trinajstić information content (AvgIpc) is 2.99. The molecule has 0 bridgehead atoms. The molecule has 4 rings (SSSR count). The van der Waals surface area contributed by atoms with E-state index in [1.165, 1.54) is 51.4 Å². The van der Waals surface area contributed by atoms with Gasteiger partial charge in [-0.15, -0.1) is 0 Å². The van der Waals surface area contributed by atoms with Crippen molar-refractivity contribution in [3.05, 3.63) is 22.8 Å². The molecule has 4 aliphatic carbocycles. The fourth-order valence-corrected chi connectivity index (χ4v) is 7.75. The van der Waals surface area contributed by atoms with E-state index in [-0.39, 0.29) is 0 Å². The molecule has 28 heavy (non-hydrogen) atoms. The number of allylic oxidation sites excluding steroid dienone is 4. The first kappa shape index (κ1) is 20.7. The summed E-state index contributed by atoms with van der Waals surface area (Å²) in [5.74, 6) is 3.08. The van der Waals surface area contributed by atoms with Crippen molar-refractivity contribution in [2.24, 2.45) is 34.5 Å². The summed E-state index contributed by atoms with van der Waals surface area (Å²) < 4.78 is 14.1. The highest BCUT2D eigenvalue weighted by Gasteiger charge is 2.52. The molecule has 0 spiro atoms. The van der Waals surface area contributed by atoms with Crippen LogP contribution in [0.15, 0.2) is 22.8 Å². The van der Waals surface area contributed by atoms with Crippen molar-refractivity contribution in [3.8, 4) is 0 Å². The van der Waals surface area contributed by atoms with E-state index < -0.39 is 6.17 Å². The van der Waals surface area contributed by atoms with Crippen molar-refractivity contribution in [2.45, 2.75) is 111 Å². The largest absolute Gasteiger partial charge is 0.247 e. The van der Waals surface area contributed by atoms with Crippen molar-refractivity contribution in [3.63, 3.8) is 0 Å². The monoisotopic (exact) mass is 386 g/mol. The van der Waals surface area contributed by atoms with Gasteiger partial charge in [-0.3, -0.25) is 0 Å². The fourth-order valence-electron chi connectivity index (χ4n) is 7.75. The fraction of sp³-hybridized carbons (Fsp3) is 0.852.